The smallest absolute Gasteiger partial charge is 0.400 e. The third-order valence-electron chi connectivity index (χ3n) is 1.20. The number of nitrogens with zero attached hydrogens (tertiary/aromatic N) is 1. The van der Waals surface area contributed by atoms with E-state index in [1.807, 2.05) is 0 Å². The van der Waals surface area contributed by atoms with Crippen LogP contribution in [0.15, 0.2) is 5.51 Å². The van der Waals surface area contributed by atoms with Crippen LogP contribution in [-0.4, -0.2) is 31.2 Å². The fourth-order valence-corrected chi connectivity index (χ4v) is 1.11. The molecule has 0 aliphatic heterocycles. The average Bonchev–Trinajstić information content (AvgIpc) is 2.56. The van der Waals surface area contributed by atoms with Crippen molar-refractivity contribution < 1.29 is 39.1 Å². The largest absolute Gasteiger partial charge is 1.00 e. The Labute approximate surface area is 103 Å². The molecule has 1 aromatic heterocycles. The molecular weight excluding hydrogens is 199 g/mol. The van der Waals surface area contributed by atoms with Gasteiger partial charge in [0.25, 0.3) is 0 Å². The zero-order valence-corrected chi connectivity index (χ0v) is 10.5. The first-order chi connectivity index (χ1) is 5.84. The average molecular weight is 208 g/mol. The van der Waals surface area contributed by atoms with Gasteiger partial charge in [0.1, 0.15) is 0 Å². The van der Waals surface area contributed by atoms with E-state index in [-0.39, 0.29) is 35.5 Å². The quantitative estimate of drug-likeness (QED) is 0.333. The predicted octanol–water partition coefficient (Wildman–Crippen LogP) is -2.68. The Bertz CT molecular complexity index is 241. The Morgan fingerprint density at radius 1 is 1.85 bits per heavy atom. The van der Waals surface area contributed by atoms with Crippen LogP contribution in [0.25, 0.3) is 0 Å². The van der Waals surface area contributed by atoms with Gasteiger partial charge in [0, 0.05) is 19.3 Å². The Hall–Kier alpha value is 0.0600. The summed E-state index contributed by atoms with van der Waals surface area (Å²) >= 11 is 1.28. The molecule has 4 nitrogen and oxygen atoms in total. The van der Waals surface area contributed by atoms with Gasteiger partial charge in [0.05, 0.1) is 6.61 Å². The first-order valence-electron chi connectivity index (χ1n) is 3.43. The van der Waals surface area contributed by atoms with E-state index in [1.165, 1.54) is 11.3 Å². The number of hydrogen-bond donors (Lipinski definition) is 1. The fraction of sp³-hybridized carbons (Fsp3) is 0.429. The standard InChI is InChI=1S/C7H9N2O2S.Na/c1-11-3-2-8-7(10)6-4-12-5-9-6;/h5H,2-3H2,1H3,(H,8,10);/q-1;+1. The minimum Gasteiger partial charge on any atom is -0.400 e. The molecule has 0 aliphatic rings. The monoisotopic (exact) mass is 208 g/mol. The van der Waals surface area contributed by atoms with Crippen LogP contribution in [0.1, 0.15) is 10.5 Å². The van der Waals surface area contributed by atoms with E-state index in [0.29, 0.717) is 18.8 Å². The van der Waals surface area contributed by atoms with E-state index in [4.69, 9.17) is 4.74 Å². The third-order valence-corrected chi connectivity index (χ3v) is 1.72. The van der Waals surface area contributed by atoms with Gasteiger partial charge in [-0.05, 0) is 5.51 Å². The van der Waals surface area contributed by atoms with Crippen LogP contribution in [0.3, 0.4) is 0 Å². The van der Waals surface area contributed by atoms with Crippen molar-refractivity contribution in [1.82, 2.24) is 10.3 Å². The summed E-state index contributed by atoms with van der Waals surface area (Å²) in [6.45, 7) is 1.01. The van der Waals surface area contributed by atoms with Gasteiger partial charge in [0.15, 0.2) is 5.91 Å². The van der Waals surface area contributed by atoms with Crippen molar-refractivity contribution in [2.24, 2.45) is 0 Å². The van der Waals surface area contributed by atoms with E-state index >= 15 is 0 Å². The second kappa shape index (κ2) is 7.46. The van der Waals surface area contributed by atoms with E-state index < -0.39 is 0 Å². The number of methoxy groups -OCH3 is 1. The zero-order valence-electron chi connectivity index (χ0n) is 7.66. The van der Waals surface area contributed by atoms with E-state index in [0.717, 1.165) is 0 Å². The van der Waals surface area contributed by atoms with E-state index in [1.54, 1.807) is 12.6 Å². The number of amides is 1. The fourth-order valence-electron chi connectivity index (χ4n) is 0.643. The van der Waals surface area contributed by atoms with Gasteiger partial charge in [-0.1, -0.05) is 5.38 Å². The number of ether oxygens (including phenoxy) is 1. The van der Waals surface area contributed by atoms with Crippen molar-refractivity contribution >= 4 is 17.2 Å². The number of thiazole rings is 1. The van der Waals surface area contributed by atoms with Gasteiger partial charge in [-0.3, -0.25) is 11.3 Å². The maximum Gasteiger partial charge on any atom is 1.00 e. The van der Waals surface area contributed by atoms with Crippen LogP contribution in [-0.2, 0) is 4.74 Å². The van der Waals surface area contributed by atoms with Crippen molar-refractivity contribution in [3.8, 4) is 0 Å². The van der Waals surface area contributed by atoms with Crippen LogP contribution >= 0.6 is 11.3 Å². The molecule has 0 unspecified atom stereocenters. The van der Waals surface area contributed by atoms with Crippen molar-refractivity contribution in [3.05, 3.63) is 16.6 Å². The first kappa shape index (κ1) is 13.1. The summed E-state index contributed by atoms with van der Waals surface area (Å²) in [5.41, 5.74) is 1.92. The number of aromatic nitrogens is 1. The number of carbonyl (C=O) groups is 1. The van der Waals surface area contributed by atoms with Crippen molar-refractivity contribution in [1.29, 1.82) is 0 Å². The van der Waals surface area contributed by atoms with Crippen molar-refractivity contribution in [2.75, 3.05) is 20.3 Å². The molecule has 6 heteroatoms. The van der Waals surface area contributed by atoms with Gasteiger partial charge in [-0.2, -0.15) is 0 Å². The van der Waals surface area contributed by atoms with Crippen molar-refractivity contribution in [3.63, 3.8) is 0 Å². The molecule has 0 aliphatic carbocycles. The normalized spacial score (nSPS) is 9.00. The SMILES string of the molecule is COCCNC(=O)c1[c-]scn1.[Na+]. The molecule has 0 aromatic carbocycles. The molecule has 0 atom stereocenters. The van der Waals surface area contributed by atoms with E-state index in [2.05, 4.69) is 15.7 Å². The Kier molecular flexibility index (Phi) is 7.50. The summed E-state index contributed by atoms with van der Waals surface area (Å²) in [5.74, 6) is -0.201. The molecule has 1 amide bonds. The summed E-state index contributed by atoms with van der Waals surface area (Å²) in [7, 11) is 1.58. The molecule has 1 N–H and O–H groups in total. The van der Waals surface area contributed by atoms with Gasteiger partial charge in [-0.25, -0.2) is 0 Å². The number of hydrogen-bond acceptors (Lipinski definition) is 4. The zero-order chi connectivity index (χ0) is 8.81. The molecule has 1 heterocycles. The second-order valence-electron chi connectivity index (χ2n) is 2.05. The van der Waals surface area contributed by atoms with Crippen LogP contribution in [0, 0.1) is 5.38 Å². The Morgan fingerprint density at radius 2 is 2.62 bits per heavy atom. The Morgan fingerprint density at radius 3 is 3.15 bits per heavy atom. The molecule has 0 saturated heterocycles. The summed E-state index contributed by atoms with van der Waals surface area (Å²) in [4.78, 5) is 14.9. The molecule has 0 saturated carbocycles. The molecular formula is C7H9N2NaO2S. The molecule has 66 valence electrons. The minimum absolute atomic E-state index is 0. The molecule has 1 aromatic rings. The van der Waals surface area contributed by atoms with Gasteiger partial charge >= 0.3 is 29.6 Å². The maximum atomic E-state index is 11.1. The number of rotatable bonds is 4. The topological polar surface area (TPSA) is 51.2 Å². The van der Waals surface area contributed by atoms with Crippen LogP contribution in [0.5, 0.6) is 0 Å². The van der Waals surface area contributed by atoms with Gasteiger partial charge in [-0.15, -0.1) is 0 Å². The maximum absolute atomic E-state index is 11.1. The van der Waals surface area contributed by atoms with Gasteiger partial charge < -0.3 is 19.8 Å². The molecule has 0 radical (unpaired) electrons. The summed E-state index contributed by atoms with van der Waals surface area (Å²) < 4.78 is 4.77. The first-order valence-corrected chi connectivity index (χ1v) is 4.31. The minimum atomic E-state index is -0.201. The number of nitrogens with one attached hydrogen (secondary N) is 1. The van der Waals surface area contributed by atoms with Crippen LogP contribution in [0.2, 0.25) is 0 Å². The number of carbonyl (C=O) groups excluding carboxylic acids is 1. The summed E-state index contributed by atoms with van der Waals surface area (Å²) in [5, 5.41) is 5.38. The molecule has 0 fully saturated rings. The van der Waals surface area contributed by atoms with Gasteiger partial charge in [0.2, 0.25) is 0 Å². The molecule has 0 spiro atoms. The third kappa shape index (κ3) is 4.73. The molecule has 13 heavy (non-hydrogen) atoms. The summed E-state index contributed by atoms with van der Waals surface area (Å²) in [6.07, 6.45) is 0. The predicted molar refractivity (Wildman–Crippen MR) is 45.2 cm³/mol. The second-order valence-corrected chi connectivity index (χ2v) is 2.70. The Balaban J connectivity index is 0.00000144. The molecule has 1 rings (SSSR count). The van der Waals surface area contributed by atoms with Crippen molar-refractivity contribution in [2.45, 2.75) is 0 Å². The van der Waals surface area contributed by atoms with Crippen LogP contribution < -0.4 is 34.9 Å². The summed E-state index contributed by atoms with van der Waals surface area (Å²) in [6, 6.07) is 0. The molecule has 0 bridgehead atoms. The van der Waals surface area contributed by atoms with Crippen LogP contribution in [0.4, 0.5) is 0 Å². The van der Waals surface area contributed by atoms with E-state index in [9.17, 15) is 4.79 Å².